The standard InChI is InChI=1S/C15H22N4/c1-11-5-6-13(16)12-7-9-18-15(14(11)12)17-8-4-10-19(2)3/h5-7,9H,4,8,10,16H2,1-3H3,(H,17,18). The van der Waals surface area contributed by atoms with Crippen molar-refractivity contribution >= 4 is 22.3 Å². The van der Waals surface area contributed by atoms with E-state index in [4.69, 9.17) is 5.73 Å². The van der Waals surface area contributed by atoms with Gasteiger partial charge in [-0.3, -0.25) is 0 Å². The van der Waals surface area contributed by atoms with Crippen molar-refractivity contribution in [3.05, 3.63) is 30.0 Å². The fourth-order valence-electron chi connectivity index (χ4n) is 2.23. The summed E-state index contributed by atoms with van der Waals surface area (Å²) in [6.07, 6.45) is 2.90. The Morgan fingerprint density at radius 3 is 2.79 bits per heavy atom. The van der Waals surface area contributed by atoms with E-state index in [1.807, 2.05) is 24.4 Å². The summed E-state index contributed by atoms with van der Waals surface area (Å²) in [6, 6.07) is 5.97. The molecule has 3 N–H and O–H groups in total. The summed E-state index contributed by atoms with van der Waals surface area (Å²) in [4.78, 5) is 6.63. The van der Waals surface area contributed by atoms with Gasteiger partial charge in [0.1, 0.15) is 5.82 Å². The molecule has 0 saturated carbocycles. The molecule has 4 nitrogen and oxygen atoms in total. The zero-order chi connectivity index (χ0) is 13.8. The third-order valence-corrected chi connectivity index (χ3v) is 3.24. The first-order chi connectivity index (χ1) is 9.09. The minimum absolute atomic E-state index is 0.805. The smallest absolute Gasteiger partial charge is 0.134 e. The first-order valence-electron chi connectivity index (χ1n) is 6.62. The molecular weight excluding hydrogens is 236 g/mol. The number of fused-ring (bicyclic) bond motifs is 1. The van der Waals surface area contributed by atoms with Crippen molar-refractivity contribution in [3.8, 4) is 0 Å². The average molecular weight is 258 g/mol. The minimum atomic E-state index is 0.805. The molecule has 2 rings (SSSR count). The third-order valence-electron chi connectivity index (χ3n) is 3.24. The van der Waals surface area contributed by atoms with Crippen LogP contribution in [0.5, 0.6) is 0 Å². The lowest BCUT2D eigenvalue weighted by Crippen LogP contribution is -2.16. The summed E-state index contributed by atoms with van der Waals surface area (Å²) in [6.45, 7) is 4.08. The zero-order valence-corrected chi connectivity index (χ0v) is 11.9. The van der Waals surface area contributed by atoms with Crippen molar-refractivity contribution in [1.82, 2.24) is 9.88 Å². The van der Waals surface area contributed by atoms with E-state index < -0.39 is 0 Å². The Labute approximate surface area is 114 Å². The van der Waals surface area contributed by atoms with Gasteiger partial charge in [0, 0.05) is 29.2 Å². The van der Waals surface area contributed by atoms with Crippen LogP contribution in [-0.4, -0.2) is 37.1 Å². The molecular formula is C15H22N4. The maximum absolute atomic E-state index is 6.03. The predicted octanol–water partition coefficient (Wildman–Crippen LogP) is 2.49. The van der Waals surface area contributed by atoms with Gasteiger partial charge in [0.2, 0.25) is 0 Å². The molecule has 0 amide bonds. The van der Waals surface area contributed by atoms with Crippen molar-refractivity contribution in [2.45, 2.75) is 13.3 Å². The highest BCUT2D eigenvalue weighted by atomic mass is 15.1. The molecule has 1 aromatic carbocycles. The topological polar surface area (TPSA) is 54.2 Å². The zero-order valence-electron chi connectivity index (χ0n) is 11.9. The molecule has 0 atom stereocenters. The highest BCUT2D eigenvalue weighted by Crippen LogP contribution is 2.28. The van der Waals surface area contributed by atoms with E-state index in [1.165, 1.54) is 5.56 Å². The van der Waals surface area contributed by atoms with Gasteiger partial charge in [0.05, 0.1) is 0 Å². The van der Waals surface area contributed by atoms with Gasteiger partial charge in [-0.05, 0) is 51.7 Å². The fourth-order valence-corrected chi connectivity index (χ4v) is 2.23. The van der Waals surface area contributed by atoms with Crippen LogP contribution < -0.4 is 11.1 Å². The normalized spacial score (nSPS) is 11.2. The van der Waals surface area contributed by atoms with Gasteiger partial charge in [-0.25, -0.2) is 4.98 Å². The van der Waals surface area contributed by atoms with Crippen molar-refractivity contribution in [2.75, 3.05) is 38.2 Å². The van der Waals surface area contributed by atoms with Gasteiger partial charge >= 0.3 is 0 Å². The maximum atomic E-state index is 6.03. The number of anilines is 2. The van der Waals surface area contributed by atoms with Gasteiger partial charge in [0.15, 0.2) is 0 Å². The van der Waals surface area contributed by atoms with Crippen molar-refractivity contribution in [2.24, 2.45) is 0 Å². The molecule has 0 unspecified atom stereocenters. The number of hydrogen-bond donors (Lipinski definition) is 2. The molecule has 0 fully saturated rings. The van der Waals surface area contributed by atoms with Gasteiger partial charge in [-0.15, -0.1) is 0 Å². The Kier molecular flexibility index (Phi) is 4.22. The quantitative estimate of drug-likeness (QED) is 0.639. The number of aryl methyl sites for hydroxylation is 1. The summed E-state index contributed by atoms with van der Waals surface area (Å²) in [7, 11) is 4.17. The first-order valence-corrected chi connectivity index (χ1v) is 6.62. The second-order valence-corrected chi connectivity index (χ2v) is 5.14. The van der Waals surface area contributed by atoms with Crippen LogP contribution in [0, 0.1) is 6.92 Å². The largest absolute Gasteiger partial charge is 0.398 e. The van der Waals surface area contributed by atoms with Crippen LogP contribution in [-0.2, 0) is 0 Å². The number of benzene rings is 1. The van der Waals surface area contributed by atoms with Gasteiger partial charge in [0.25, 0.3) is 0 Å². The molecule has 19 heavy (non-hydrogen) atoms. The fraction of sp³-hybridized carbons (Fsp3) is 0.400. The number of pyridine rings is 1. The van der Waals surface area contributed by atoms with E-state index in [9.17, 15) is 0 Å². The van der Waals surface area contributed by atoms with Crippen LogP contribution in [0.2, 0.25) is 0 Å². The summed E-state index contributed by atoms with van der Waals surface area (Å²) in [5.41, 5.74) is 8.03. The molecule has 2 aromatic rings. The van der Waals surface area contributed by atoms with E-state index in [2.05, 4.69) is 36.2 Å². The highest BCUT2D eigenvalue weighted by molar-refractivity contribution is 6.01. The summed E-state index contributed by atoms with van der Waals surface area (Å²) in [5.74, 6) is 0.932. The van der Waals surface area contributed by atoms with Crippen molar-refractivity contribution < 1.29 is 0 Å². The monoisotopic (exact) mass is 258 g/mol. The van der Waals surface area contributed by atoms with E-state index in [0.29, 0.717) is 0 Å². The Morgan fingerprint density at radius 2 is 2.05 bits per heavy atom. The second-order valence-electron chi connectivity index (χ2n) is 5.14. The van der Waals surface area contributed by atoms with Crippen LogP contribution >= 0.6 is 0 Å². The van der Waals surface area contributed by atoms with Gasteiger partial charge < -0.3 is 16.0 Å². The second kappa shape index (κ2) is 5.89. The molecule has 0 aliphatic heterocycles. The third kappa shape index (κ3) is 3.15. The van der Waals surface area contributed by atoms with E-state index in [-0.39, 0.29) is 0 Å². The molecule has 0 bridgehead atoms. The number of nitrogen functional groups attached to an aromatic ring is 1. The average Bonchev–Trinajstić information content (AvgIpc) is 2.39. The molecule has 1 heterocycles. The first kappa shape index (κ1) is 13.6. The molecule has 0 radical (unpaired) electrons. The number of aromatic nitrogens is 1. The number of nitrogens with one attached hydrogen (secondary N) is 1. The molecule has 0 saturated heterocycles. The lowest BCUT2D eigenvalue weighted by Gasteiger charge is -2.13. The van der Waals surface area contributed by atoms with Crippen molar-refractivity contribution in [3.63, 3.8) is 0 Å². The number of rotatable bonds is 5. The maximum Gasteiger partial charge on any atom is 0.134 e. The number of hydrogen-bond acceptors (Lipinski definition) is 4. The highest BCUT2D eigenvalue weighted by Gasteiger charge is 2.07. The number of nitrogens with two attached hydrogens (primary N) is 1. The molecule has 4 heteroatoms. The summed E-state index contributed by atoms with van der Waals surface area (Å²) >= 11 is 0. The van der Waals surface area contributed by atoms with E-state index in [1.54, 1.807) is 0 Å². The van der Waals surface area contributed by atoms with Crippen LogP contribution in [0.15, 0.2) is 24.4 Å². The van der Waals surface area contributed by atoms with Crippen molar-refractivity contribution in [1.29, 1.82) is 0 Å². The van der Waals surface area contributed by atoms with Crippen LogP contribution in [0.4, 0.5) is 11.5 Å². The summed E-state index contributed by atoms with van der Waals surface area (Å²) in [5, 5.41) is 5.62. The lowest BCUT2D eigenvalue weighted by molar-refractivity contribution is 0.405. The van der Waals surface area contributed by atoms with Crippen LogP contribution in [0.25, 0.3) is 10.8 Å². The Morgan fingerprint density at radius 1 is 1.26 bits per heavy atom. The molecule has 0 spiro atoms. The Hall–Kier alpha value is -1.81. The predicted molar refractivity (Wildman–Crippen MR) is 82.6 cm³/mol. The molecule has 0 aliphatic rings. The summed E-state index contributed by atoms with van der Waals surface area (Å²) < 4.78 is 0. The van der Waals surface area contributed by atoms with Crippen LogP contribution in [0.3, 0.4) is 0 Å². The van der Waals surface area contributed by atoms with E-state index >= 15 is 0 Å². The molecule has 0 aliphatic carbocycles. The molecule has 102 valence electrons. The Bertz CT molecular complexity index is 563. The lowest BCUT2D eigenvalue weighted by atomic mass is 10.1. The SMILES string of the molecule is Cc1ccc(N)c2ccnc(NCCCN(C)C)c12. The van der Waals surface area contributed by atoms with Crippen LogP contribution in [0.1, 0.15) is 12.0 Å². The number of nitrogens with zero attached hydrogens (tertiary/aromatic N) is 2. The molecule has 1 aromatic heterocycles. The minimum Gasteiger partial charge on any atom is -0.398 e. The Balaban J connectivity index is 2.21. The van der Waals surface area contributed by atoms with Gasteiger partial charge in [-0.1, -0.05) is 6.07 Å². The van der Waals surface area contributed by atoms with E-state index in [0.717, 1.165) is 41.8 Å². The van der Waals surface area contributed by atoms with Gasteiger partial charge in [-0.2, -0.15) is 0 Å².